The summed E-state index contributed by atoms with van der Waals surface area (Å²) in [6.07, 6.45) is 4.74. The van der Waals surface area contributed by atoms with Crippen molar-refractivity contribution in [1.82, 2.24) is 0 Å². The average Bonchev–Trinajstić information content (AvgIpc) is 2.73. The van der Waals surface area contributed by atoms with Crippen molar-refractivity contribution in [3.63, 3.8) is 0 Å². The molecular weight excluding hydrogens is 396 g/mol. The molecule has 1 aliphatic carbocycles. The number of sulfone groups is 1. The highest BCUT2D eigenvalue weighted by Gasteiger charge is 2.33. The van der Waals surface area contributed by atoms with Crippen LogP contribution < -0.4 is 0 Å². The van der Waals surface area contributed by atoms with Gasteiger partial charge in [-0.05, 0) is 54.4 Å². The fraction of sp³-hybridized carbons (Fsp3) is 0.480. The molecule has 1 atom stereocenters. The van der Waals surface area contributed by atoms with Gasteiger partial charge < -0.3 is 4.74 Å². The Labute approximate surface area is 180 Å². The summed E-state index contributed by atoms with van der Waals surface area (Å²) < 4.78 is 32.7. The molecule has 30 heavy (non-hydrogen) atoms. The molecule has 5 heteroatoms. The van der Waals surface area contributed by atoms with Crippen molar-refractivity contribution in [1.29, 1.82) is 0 Å². The summed E-state index contributed by atoms with van der Waals surface area (Å²) in [6, 6.07) is 16.0. The monoisotopic (exact) mass is 428 g/mol. The van der Waals surface area contributed by atoms with Gasteiger partial charge in [0.05, 0.1) is 11.3 Å². The van der Waals surface area contributed by atoms with E-state index in [-0.39, 0.29) is 22.8 Å². The van der Waals surface area contributed by atoms with Crippen LogP contribution in [0.1, 0.15) is 75.7 Å². The third kappa shape index (κ3) is 5.51. The first-order valence-corrected chi connectivity index (χ1v) is 12.3. The van der Waals surface area contributed by atoms with Crippen molar-refractivity contribution in [3.05, 3.63) is 65.7 Å². The molecule has 2 aromatic carbocycles. The van der Waals surface area contributed by atoms with Crippen LogP contribution in [-0.4, -0.2) is 20.5 Å². The van der Waals surface area contributed by atoms with E-state index in [2.05, 4.69) is 20.8 Å². The Bertz CT molecular complexity index is 935. The molecular formula is C25H32O4S. The standard InChI is InChI=1S/C25H32O4S/c1-25(2,3)20-14-16-22(17-15-20)30(27,28)23(19-10-6-4-7-11-19)18-24(26)29-21-12-8-5-9-13-21/h4,6-7,10-11,14-17,21,23H,5,8-9,12-13,18H2,1-3H3. The summed E-state index contributed by atoms with van der Waals surface area (Å²) in [5.74, 6) is -0.439. The molecule has 3 rings (SSSR count). The number of ether oxygens (including phenoxy) is 1. The van der Waals surface area contributed by atoms with Gasteiger partial charge in [0.15, 0.2) is 9.84 Å². The zero-order valence-electron chi connectivity index (χ0n) is 18.1. The molecule has 1 unspecified atom stereocenters. The van der Waals surface area contributed by atoms with E-state index in [1.165, 1.54) is 6.42 Å². The number of benzene rings is 2. The maximum Gasteiger partial charge on any atom is 0.307 e. The van der Waals surface area contributed by atoms with Crippen LogP contribution in [0.2, 0.25) is 0 Å². The van der Waals surface area contributed by atoms with E-state index in [0.717, 1.165) is 31.2 Å². The number of esters is 1. The quantitative estimate of drug-likeness (QED) is 0.548. The molecule has 2 aromatic rings. The lowest BCUT2D eigenvalue weighted by Crippen LogP contribution is -2.24. The zero-order valence-corrected chi connectivity index (χ0v) is 19.0. The summed E-state index contributed by atoms with van der Waals surface area (Å²) >= 11 is 0. The van der Waals surface area contributed by atoms with Gasteiger partial charge in [0, 0.05) is 0 Å². The van der Waals surface area contributed by atoms with Crippen molar-refractivity contribution in [2.45, 2.75) is 81.0 Å². The number of hydrogen-bond acceptors (Lipinski definition) is 4. The summed E-state index contributed by atoms with van der Waals surface area (Å²) in [5.41, 5.74) is 1.61. The Morgan fingerprint density at radius 2 is 1.57 bits per heavy atom. The van der Waals surface area contributed by atoms with Crippen LogP contribution in [0.25, 0.3) is 0 Å². The van der Waals surface area contributed by atoms with Gasteiger partial charge in [0.25, 0.3) is 0 Å². The normalized spacial score (nSPS) is 16.8. The lowest BCUT2D eigenvalue weighted by atomic mass is 9.87. The first-order valence-electron chi connectivity index (χ1n) is 10.8. The minimum atomic E-state index is -3.75. The minimum Gasteiger partial charge on any atom is -0.462 e. The Kier molecular flexibility index (Phi) is 7.02. The van der Waals surface area contributed by atoms with Gasteiger partial charge in [-0.1, -0.05) is 69.7 Å². The maximum absolute atomic E-state index is 13.5. The zero-order chi connectivity index (χ0) is 21.8. The molecule has 0 spiro atoms. The fourth-order valence-electron chi connectivity index (χ4n) is 3.95. The summed E-state index contributed by atoms with van der Waals surface area (Å²) in [4.78, 5) is 12.9. The van der Waals surface area contributed by atoms with Crippen molar-refractivity contribution in [2.75, 3.05) is 0 Å². The molecule has 0 N–H and O–H groups in total. The molecule has 162 valence electrons. The van der Waals surface area contributed by atoms with Crippen LogP contribution in [0, 0.1) is 0 Å². The number of hydrogen-bond donors (Lipinski definition) is 0. The minimum absolute atomic E-state index is 0.0646. The Balaban J connectivity index is 1.86. The van der Waals surface area contributed by atoms with Gasteiger partial charge in [0.1, 0.15) is 11.4 Å². The van der Waals surface area contributed by atoms with Gasteiger partial charge in [0.2, 0.25) is 0 Å². The van der Waals surface area contributed by atoms with Gasteiger partial charge in [-0.15, -0.1) is 0 Å². The van der Waals surface area contributed by atoms with E-state index in [1.54, 1.807) is 36.4 Å². The van der Waals surface area contributed by atoms with E-state index >= 15 is 0 Å². The van der Waals surface area contributed by atoms with Gasteiger partial charge in [-0.3, -0.25) is 4.79 Å². The lowest BCUT2D eigenvalue weighted by molar-refractivity contribution is -0.150. The van der Waals surface area contributed by atoms with E-state index in [0.29, 0.717) is 5.56 Å². The second kappa shape index (κ2) is 9.34. The number of carbonyl (C=O) groups excluding carboxylic acids is 1. The molecule has 0 saturated heterocycles. The predicted octanol–water partition coefficient (Wildman–Crippen LogP) is 5.77. The summed E-state index contributed by atoms with van der Waals surface area (Å²) in [5, 5.41) is -0.963. The summed E-state index contributed by atoms with van der Waals surface area (Å²) in [7, 11) is -3.75. The predicted molar refractivity (Wildman–Crippen MR) is 119 cm³/mol. The van der Waals surface area contributed by atoms with E-state index < -0.39 is 21.1 Å². The molecule has 0 aliphatic heterocycles. The molecule has 1 aliphatic rings. The van der Waals surface area contributed by atoms with Crippen molar-refractivity contribution in [2.24, 2.45) is 0 Å². The van der Waals surface area contributed by atoms with Crippen molar-refractivity contribution < 1.29 is 17.9 Å². The maximum atomic E-state index is 13.5. The molecule has 1 saturated carbocycles. The van der Waals surface area contributed by atoms with Crippen molar-refractivity contribution >= 4 is 15.8 Å². The van der Waals surface area contributed by atoms with Crippen molar-refractivity contribution in [3.8, 4) is 0 Å². The van der Waals surface area contributed by atoms with E-state index in [4.69, 9.17) is 4.74 Å². The molecule has 0 amide bonds. The summed E-state index contributed by atoms with van der Waals surface area (Å²) in [6.45, 7) is 6.26. The molecule has 0 aromatic heterocycles. The highest BCUT2D eigenvalue weighted by Crippen LogP contribution is 2.34. The third-order valence-corrected chi connectivity index (χ3v) is 7.91. The molecule has 4 nitrogen and oxygen atoms in total. The second-order valence-corrected chi connectivity index (χ2v) is 11.3. The Hall–Kier alpha value is -2.14. The van der Waals surface area contributed by atoms with Gasteiger partial charge >= 0.3 is 5.97 Å². The van der Waals surface area contributed by atoms with Crippen LogP contribution in [-0.2, 0) is 24.8 Å². The Morgan fingerprint density at radius 3 is 2.13 bits per heavy atom. The first kappa shape index (κ1) is 22.5. The van der Waals surface area contributed by atoms with Crippen LogP contribution in [0.4, 0.5) is 0 Å². The van der Waals surface area contributed by atoms with Gasteiger partial charge in [-0.25, -0.2) is 8.42 Å². The lowest BCUT2D eigenvalue weighted by Gasteiger charge is -2.24. The molecule has 0 heterocycles. The first-order chi connectivity index (χ1) is 14.2. The van der Waals surface area contributed by atoms with Crippen LogP contribution in [0.15, 0.2) is 59.5 Å². The van der Waals surface area contributed by atoms with Gasteiger partial charge in [-0.2, -0.15) is 0 Å². The fourth-order valence-corrected chi connectivity index (χ4v) is 5.67. The SMILES string of the molecule is CC(C)(C)c1ccc(S(=O)(=O)C(CC(=O)OC2CCCCC2)c2ccccc2)cc1. The third-order valence-electron chi connectivity index (χ3n) is 5.80. The van der Waals surface area contributed by atoms with Crippen LogP contribution >= 0.6 is 0 Å². The smallest absolute Gasteiger partial charge is 0.307 e. The number of rotatable bonds is 6. The Morgan fingerprint density at radius 1 is 0.967 bits per heavy atom. The molecule has 0 radical (unpaired) electrons. The van der Waals surface area contributed by atoms with Crippen LogP contribution in [0.5, 0.6) is 0 Å². The topological polar surface area (TPSA) is 60.4 Å². The van der Waals surface area contributed by atoms with Crippen LogP contribution in [0.3, 0.4) is 0 Å². The number of carbonyl (C=O) groups is 1. The largest absolute Gasteiger partial charge is 0.462 e. The van der Waals surface area contributed by atoms with E-state index in [1.807, 2.05) is 18.2 Å². The highest BCUT2D eigenvalue weighted by molar-refractivity contribution is 7.91. The highest BCUT2D eigenvalue weighted by atomic mass is 32.2. The van der Waals surface area contributed by atoms with E-state index in [9.17, 15) is 13.2 Å². The molecule has 0 bridgehead atoms. The average molecular weight is 429 g/mol. The second-order valence-electron chi connectivity index (χ2n) is 9.17. The molecule has 1 fully saturated rings.